The highest BCUT2D eigenvalue weighted by atomic mass is 79.9. The number of benzene rings is 2. The molecule has 26 heavy (non-hydrogen) atoms. The van der Waals surface area contributed by atoms with E-state index in [1.165, 1.54) is 11.8 Å². The standard InChI is InChI=1S/C19H18BrN3O2S/c1-13-18(24)23(12-15-5-9-17(25-2)10-6-15)19(26-13)22-21-11-14-3-7-16(20)8-4-14/h3-11,13H,12H2,1-2H3/b21-11+,22-19-. The molecule has 1 atom stereocenters. The third kappa shape index (κ3) is 4.53. The fourth-order valence-electron chi connectivity index (χ4n) is 2.42. The van der Waals surface area contributed by atoms with Crippen LogP contribution in [0.3, 0.4) is 0 Å². The minimum absolute atomic E-state index is 0.0448. The lowest BCUT2D eigenvalue weighted by Crippen LogP contribution is -2.30. The van der Waals surface area contributed by atoms with Gasteiger partial charge in [-0.3, -0.25) is 9.69 Å². The quantitative estimate of drug-likeness (QED) is 0.523. The molecule has 1 heterocycles. The first-order valence-corrected chi connectivity index (χ1v) is 9.71. The summed E-state index contributed by atoms with van der Waals surface area (Å²) in [5.41, 5.74) is 1.96. The van der Waals surface area contributed by atoms with Crippen LogP contribution in [-0.4, -0.2) is 34.5 Å². The van der Waals surface area contributed by atoms with Crippen molar-refractivity contribution in [2.45, 2.75) is 18.7 Å². The number of hydrogen-bond donors (Lipinski definition) is 0. The van der Waals surface area contributed by atoms with Gasteiger partial charge in [0.25, 0.3) is 0 Å². The smallest absolute Gasteiger partial charge is 0.242 e. The average molecular weight is 432 g/mol. The zero-order valence-electron chi connectivity index (χ0n) is 14.4. The third-order valence-corrected chi connectivity index (χ3v) is 5.44. The average Bonchev–Trinajstić information content (AvgIpc) is 2.92. The molecule has 2 aromatic rings. The maximum Gasteiger partial charge on any atom is 0.242 e. The van der Waals surface area contributed by atoms with Crippen LogP contribution in [-0.2, 0) is 11.3 Å². The van der Waals surface area contributed by atoms with Gasteiger partial charge in [-0.2, -0.15) is 5.10 Å². The molecule has 0 N–H and O–H groups in total. The molecule has 0 saturated carbocycles. The number of nitrogens with zero attached hydrogens (tertiary/aromatic N) is 3. The predicted molar refractivity (Wildman–Crippen MR) is 110 cm³/mol. The van der Waals surface area contributed by atoms with E-state index < -0.39 is 0 Å². The maximum atomic E-state index is 12.5. The van der Waals surface area contributed by atoms with Gasteiger partial charge in [0.2, 0.25) is 5.91 Å². The summed E-state index contributed by atoms with van der Waals surface area (Å²) in [5, 5.41) is 8.88. The van der Waals surface area contributed by atoms with E-state index in [9.17, 15) is 4.79 Å². The van der Waals surface area contributed by atoms with Gasteiger partial charge in [0.15, 0.2) is 5.17 Å². The van der Waals surface area contributed by atoms with E-state index in [-0.39, 0.29) is 11.2 Å². The number of thioether (sulfide) groups is 1. The van der Waals surface area contributed by atoms with Crippen molar-refractivity contribution in [2.24, 2.45) is 10.2 Å². The molecule has 1 unspecified atom stereocenters. The number of amidine groups is 1. The van der Waals surface area contributed by atoms with Gasteiger partial charge in [0, 0.05) is 4.47 Å². The molecule has 134 valence electrons. The van der Waals surface area contributed by atoms with E-state index in [4.69, 9.17) is 4.74 Å². The monoisotopic (exact) mass is 431 g/mol. The number of hydrogen-bond acceptors (Lipinski definition) is 5. The molecular formula is C19H18BrN3O2S. The summed E-state index contributed by atoms with van der Waals surface area (Å²) in [6.45, 7) is 2.35. The molecule has 1 fully saturated rings. The third-order valence-electron chi connectivity index (χ3n) is 3.85. The van der Waals surface area contributed by atoms with Crippen molar-refractivity contribution < 1.29 is 9.53 Å². The van der Waals surface area contributed by atoms with Gasteiger partial charge in [-0.05, 0) is 42.3 Å². The largest absolute Gasteiger partial charge is 0.497 e. The Bertz CT molecular complexity index is 835. The topological polar surface area (TPSA) is 54.3 Å². The van der Waals surface area contributed by atoms with Crippen molar-refractivity contribution in [3.05, 3.63) is 64.1 Å². The number of carbonyl (C=O) groups excluding carboxylic acids is 1. The van der Waals surface area contributed by atoms with Crippen molar-refractivity contribution >= 4 is 45.0 Å². The highest BCUT2D eigenvalue weighted by Gasteiger charge is 2.35. The number of methoxy groups -OCH3 is 1. The van der Waals surface area contributed by atoms with Gasteiger partial charge < -0.3 is 4.74 Å². The highest BCUT2D eigenvalue weighted by Crippen LogP contribution is 2.28. The van der Waals surface area contributed by atoms with Crippen LogP contribution in [0.1, 0.15) is 18.1 Å². The Morgan fingerprint density at radius 2 is 1.88 bits per heavy atom. The molecule has 1 aliphatic rings. The van der Waals surface area contributed by atoms with Crippen LogP contribution >= 0.6 is 27.7 Å². The summed E-state index contributed by atoms with van der Waals surface area (Å²) in [6, 6.07) is 15.4. The van der Waals surface area contributed by atoms with Crippen LogP contribution in [0.4, 0.5) is 0 Å². The second-order valence-corrected chi connectivity index (χ2v) is 7.93. The summed E-state index contributed by atoms with van der Waals surface area (Å²) in [4.78, 5) is 14.1. The highest BCUT2D eigenvalue weighted by molar-refractivity contribution is 9.10. The minimum atomic E-state index is -0.158. The number of halogens is 1. The SMILES string of the molecule is COc1ccc(CN2C(=O)C(C)S/C2=N\N=C\c2ccc(Br)cc2)cc1. The fourth-order valence-corrected chi connectivity index (χ4v) is 3.60. The molecule has 1 amide bonds. The Labute approximate surface area is 165 Å². The molecule has 0 aliphatic carbocycles. The molecular weight excluding hydrogens is 414 g/mol. The fraction of sp³-hybridized carbons (Fsp3) is 0.211. The minimum Gasteiger partial charge on any atom is -0.497 e. The van der Waals surface area contributed by atoms with Gasteiger partial charge in [0.1, 0.15) is 5.75 Å². The lowest BCUT2D eigenvalue weighted by molar-refractivity contribution is -0.126. The summed E-state index contributed by atoms with van der Waals surface area (Å²) >= 11 is 4.83. The molecule has 0 spiro atoms. The Balaban J connectivity index is 1.75. The van der Waals surface area contributed by atoms with Gasteiger partial charge in [-0.1, -0.05) is 52.0 Å². The van der Waals surface area contributed by atoms with Crippen molar-refractivity contribution in [3.8, 4) is 5.75 Å². The van der Waals surface area contributed by atoms with Crippen LogP contribution in [0.5, 0.6) is 5.75 Å². The number of carbonyl (C=O) groups is 1. The Morgan fingerprint density at radius 1 is 1.19 bits per heavy atom. The number of rotatable bonds is 5. The molecule has 5 nitrogen and oxygen atoms in total. The zero-order chi connectivity index (χ0) is 18.5. The second-order valence-electron chi connectivity index (χ2n) is 5.71. The van der Waals surface area contributed by atoms with E-state index in [0.717, 1.165) is 21.3 Å². The first-order chi connectivity index (χ1) is 12.6. The van der Waals surface area contributed by atoms with E-state index >= 15 is 0 Å². The number of ether oxygens (including phenoxy) is 1. The lowest BCUT2D eigenvalue weighted by Gasteiger charge is -2.15. The summed E-state index contributed by atoms with van der Waals surface area (Å²) in [5.74, 6) is 0.834. The Hall–Kier alpha value is -2.12. The molecule has 7 heteroatoms. The first-order valence-electron chi connectivity index (χ1n) is 8.04. The van der Waals surface area contributed by atoms with Crippen LogP contribution < -0.4 is 4.74 Å². The van der Waals surface area contributed by atoms with E-state index in [1.807, 2.05) is 55.5 Å². The van der Waals surface area contributed by atoms with Crippen molar-refractivity contribution in [3.63, 3.8) is 0 Å². The lowest BCUT2D eigenvalue weighted by atomic mass is 10.2. The van der Waals surface area contributed by atoms with Gasteiger partial charge in [-0.15, -0.1) is 5.10 Å². The van der Waals surface area contributed by atoms with Crippen LogP contribution in [0, 0.1) is 0 Å². The second kappa shape index (κ2) is 8.51. The molecule has 0 radical (unpaired) electrons. The van der Waals surface area contributed by atoms with Crippen LogP contribution in [0.2, 0.25) is 0 Å². The van der Waals surface area contributed by atoms with Crippen molar-refractivity contribution in [2.75, 3.05) is 7.11 Å². The van der Waals surface area contributed by atoms with E-state index in [0.29, 0.717) is 11.7 Å². The number of amides is 1. The zero-order valence-corrected chi connectivity index (χ0v) is 16.8. The first kappa shape index (κ1) is 18.7. The molecule has 2 aromatic carbocycles. The van der Waals surface area contributed by atoms with Gasteiger partial charge >= 0.3 is 0 Å². The van der Waals surface area contributed by atoms with Gasteiger partial charge in [0.05, 0.1) is 25.1 Å². The molecule has 1 saturated heterocycles. The normalized spacial score (nSPS) is 18.9. The van der Waals surface area contributed by atoms with E-state index in [2.05, 4.69) is 26.1 Å². The van der Waals surface area contributed by atoms with Crippen molar-refractivity contribution in [1.82, 2.24) is 4.90 Å². The maximum absolute atomic E-state index is 12.5. The summed E-state index contributed by atoms with van der Waals surface area (Å²) in [7, 11) is 1.63. The summed E-state index contributed by atoms with van der Waals surface area (Å²) < 4.78 is 6.18. The van der Waals surface area contributed by atoms with Crippen molar-refractivity contribution in [1.29, 1.82) is 0 Å². The molecule has 0 aromatic heterocycles. The Kier molecular flexibility index (Phi) is 6.11. The molecule has 1 aliphatic heterocycles. The van der Waals surface area contributed by atoms with E-state index in [1.54, 1.807) is 18.2 Å². The molecule has 3 rings (SSSR count). The van der Waals surface area contributed by atoms with Crippen LogP contribution in [0.25, 0.3) is 0 Å². The Morgan fingerprint density at radius 3 is 2.54 bits per heavy atom. The predicted octanol–water partition coefficient (Wildman–Crippen LogP) is 4.31. The summed E-state index contributed by atoms with van der Waals surface area (Å²) in [6.07, 6.45) is 1.68. The van der Waals surface area contributed by atoms with Gasteiger partial charge in [-0.25, -0.2) is 0 Å². The van der Waals surface area contributed by atoms with Crippen LogP contribution in [0.15, 0.2) is 63.2 Å². The molecule has 0 bridgehead atoms.